The summed E-state index contributed by atoms with van der Waals surface area (Å²) in [6.45, 7) is 4.15. The first-order valence-corrected chi connectivity index (χ1v) is 7.07. The molecule has 2 aromatic rings. The Kier molecular flexibility index (Phi) is 3.77. The summed E-state index contributed by atoms with van der Waals surface area (Å²) >= 11 is 0. The summed E-state index contributed by atoms with van der Waals surface area (Å²) in [5.74, 6) is 1.72. The van der Waals surface area contributed by atoms with Crippen LogP contribution >= 0.6 is 0 Å². The van der Waals surface area contributed by atoms with Crippen LogP contribution in [0.1, 0.15) is 18.1 Å². The molecule has 2 aromatic carbocycles. The van der Waals surface area contributed by atoms with Gasteiger partial charge in [-0.3, -0.25) is 0 Å². The van der Waals surface area contributed by atoms with Gasteiger partial charge in [-0.15, -0.1) is 0 Å². The van der Waals surface area contributed by atoms with E-state index in [-0.39, 0.29) is 0 Å². The first kappa shape index (κ1) is 12.9. The van der Waals surface area contributed by atoms with E-state index in [0.29, 0.717) is 13.2 Å². The lowest BCUT2D eigenvalue weighted by Crippen LogP contribution is -2.17. The highest BCUT2D eigenvalue weighted by Gasteiger charge is 2.15. The average molecular weight is 269 g/mol. The number of rotatable bonds is 4. The largest absolute Gasteiger partial charge is 0.486 e. The Morgan fingerprint density at radius 3 is 2.80 bits per heavy atom. The number of anilines is 1. The number of benzene rings is 2. The van der Waals surface area contributed by atoms with Crippen LogP contribution in [0.15, 0.2) is 42.5 Å². The molecular formula is C17H19NO2. The molecule has 20 heavy (non-hydrogen) atoms. The molecule has 0 spiro atoms. The van der Waals surface area contributed by atoms with Gasteiger partial charge in [0.15, 0.2) is 11.5 Å². The molecule has 0 aromatic heterocycles. The van der Waals surface area contributed by atoms with Crippen LogP contribution in [0.25, 0.3) is 0 Å². The fraction of sp³-hybridized carbons (Fsp3) is 0.294. The Hall–Kier alpha value is -2.16. The van der Waals surface area contributed by atoms with Crippen molar-refractivity contribution in [2.45, 2.75) is 19.9 Å². The number of nitrogens with one attached hydrogen (secondary N) is 1. The Labute approximate surface area is 119 Å². The fourth-order valence-electron chi connectivity index (χ4n) is 2.37. The third-order valence-corrected chi connectivity index (χ3v) is 3.47. The van der Waals surface area contributed by atoms with Crippen LogP contribution in [0.5, 0.6) is 11.5 Å². The van der Waals surface area contributed by atoms with Crippen LogP contribution in [-0.2, 0) is 13.0 Å². The van der Waals surface area contributed by atoms with E-state index in [1.165, 1.54) is 5.56 Å². The van der Waals surface area contributed by atoms with E-state index in [9.17, 15) is 0 Å². The normalized spacial score (nSPS) is 13.1. The summed E-state index contributed by atoms with van der Waals surface area (Å²) in [5.41, 5.74) is 3.60. The quantitative estimate of drug-likeness (QED) is 0.919. The number of hydrogen-bond donors (Lipinski definition) is 1. The maximum absolute atomic E-state index is 5.72. The second kappa shape index (κ2) is 5.87. The Morgan fingerprint density at radius 1 is 1.05 bits per heavy atom. The minimum atomic E-state index is 0.620. The van der Waals surface area contributed by atoms with Crippen LogP contribution < -0.4 is 14.8 Å². The molecule has 1 heterocycles. The second-order valence-corrected chi connectivity index (χ2v) is 4.85. The highest BCUT2D eigenvalue weighted by Crippen LogP contribution is 2.33. The van der Waals surface area contributed by atoms with Crippen molar-refractivity contribution in [3.63, 3.8) is 0 Å². The highest BCUT2D eigenvalue weighted by atomic mass is 16.6. The maximum atomic E-state index is 5.72. The zero-order valence-corrected chi connectivity index (χ0v) is 11.7. The molecule has 0 aliphatic carbocycles. The molecule has 0 unspecified atom stereocenters. The minimum absolute atomic E-state index is 0.620. The van der Waals surface area contributed by atoms with Gasteiger partial charge in [-0.1, -0.05) is 31.2 Å². The summed E-state index contributed by atoms with van der Waals surface area (Å²) in [6.07, 6.45) is 1.05. The lowest BCUT2D eigenvalue weighted by Gasteiger charge is -2.21. The van der Waals surface area contributed by atoms with Crippen molar-refractivity contribution in [2.24, 2.45) is 0 Å². The molecule has 1 aliphatic heterocycles. The topological polar surface area (TPSA) is 30.5 Å². The first-order valence-electron chi connectivity index (χ1n) is 7.07. The van der Waals surface area contributed by atoms with Gasteiger partial charge in [-0.2, -0.15) is 0 Å². The molecule has 0 fully saturated rings. The van der Waals surface area contributed by atoms with Gasteiger partial charge in [0.1, 0.15) is 13.2 Å². The predicted octanol–water partition coefficient (Wildman–Crippen LogP) is 3.63. The van der Waals surface area contributed by atoms with Crippen molar-refractivity contribution >= 4 is 5.69 Å². The summed E-state index contributed by atoms with van der Waals surface area (Å²) in [5, 5.41) is 3.45. The molecule has 0 saturated carbocycles. The van der Waals surface area contributed by atoms with Crippen LogP contribution in [0.4, 0.5) is 5.69 Å². The predicted molar refractivity (Wildman–Crippen MR) is 80.6 cm³/mol. The van der Waals surface area contributed by atoms with Crippen molar-refractivity contribution in [3.05, 3.63) is 53.6 Å². The lowest BCUT2D eigenvalue weighted by atomic mass is 10.1. The summed E-state index contributed by atoms with van der Waals surface area (Å²) in [4.78, 5) is 0. The summed E-state index contributed by atoms with van der Waals surface area (Å²) < 4.78 is 11.3. The van der Waals surface area contributed by atoms with Gasteiger partial charge in [0.05, 0.1) is 0 Å². The zero-order chi connectivity index (χ0) is 13.8. The number of para-hydroxylation sites is 1. The Morgan fingerprint density at radius 2 is 1.90 bits per heavy atom. The Balaban J connectivity index is 1.75. The van der Waals surface area contributed by atoms with E-state index in [4.69, 9.17) is 9.47 Å². The van der Waals surface area contributed by atoms with Crippen LogP contribution in [-0.4, -0.2) is 13.2 Å². The molecule has 3 rings (SSSR count). The number of aryl methyl sites for hydroxylation is 1. The molecule has 3 heteroatoms. The molecule has 0 amide bonds. The molecular weight excluding hydrogens is 250 g/mol. The van der Waals surface area contributed by atoms with Gasteiger partial charge < -0.3 is 14.8 Å². The fourth-order valence-corrected chi connectivity index (χ4v) is 2.37. The van der Waals surface area contributed by atoms with E-state index in [1.807, 2.05) is 12.1 Å². The molecule has 0 bridgehead atoms. The van der Waals surface area contributed by atoms with E-state index in [0.717, 1.165) is 35.7 Å². The third kappa shape index (κ3) is 2.72. The van der Waals surface area contributed by atoms with Crippen LogP contribution in [0, 0.1) is 0 Å². The van der Waals surface area contributed by atoms with E-state index in [2.05, 4.69) is 42.6 Å². The SMILES string of the molecule is CCc1cccc(NCc2cccc3c2OCCO3)c1. The first-order chi connectivity index (χ1) is 9.86. The molecule has 1 N–H and O–H groups in total. The molecule has 3 nitrogen and oxygen atoms in total. The van der Waals surface area contributed by atoms with Gasteiger partial charge in [0, 0.05) is 17.8 Å². The van der Waals surface area contributed by atoms with Gasteiger partial charge >= 0.3 is 0 Å². The third-order valence-electron chi connectivity index (χ3n) is 3.47. The number of hydrogen-bond acceptors (Lipinski definition) is 3. The summed E-state index contributed by atoms with van der Waals surface area (Å²) in [7, 11) is 0. The van der Waals surface area contributed by atoms with Gasteiger partial charge in [-0.05, 0) is 30.2 Å². The average Bonchev–Trinajstić information content (AvgIpc) is 2.53. The number of ether oxygens (including phenoxy) is 2. The van der Waals surface area contributed by atoms with Crippen molar-refractivity contribution in [3.8, 4) is 11.5 Å². The van der Waals surface area contributed by atoms with E-state index in [1.54, 1.807) is 0 Å². The van der Waals surface area contributed by atoms with Crippen LogP contribution in [0.2, 0.25) is 0 Å². The molecule has 1 aliphatic rings. The van der Waals surface area contributed by atoms with Crippen molar-refractivity contribution in [2.75, 3.05) is 18.5 Å². The van der Waals surface area contributed by atoms with Crippen LogP contribution in [0.3, 0.4) is 0 Å². The smallest absolute Gasteiger partial charge is 0.166 e. The zero-order valence-electron chi connectivity index (χ0n) is 11.7. The molecule has 0 saturated heterocycles. The summed E-state index contributed by atoms with van der Waals surface area (Å²) in [6, 6.07) is 14.5. The van der Waals surface area contributed by atoms with E-state index >= 15 is 0 Å². The van der Waals surface area contributed by atoms with E-state index < -0.39 is 0 Å². The Bertz CT molecular complexity index is 595. The minimum Gasteiger partial charge on any atom is -0.486 e. The van der Waals surface area contributed by atoms with Crippen molar-refractivity contribution in [1.82, 2.24) is 0 Å². The maximum Gasteiger partial charge on any atom is 0.166 e. The van der Waals surface area contributed by atoms with Gasteiger partial charge in [-0.25, -0.2) is 0 Å². The molecule has 104 valence electrons. The van der Waals surface area contributed by atoms with Gasteiger partial charge in [0.25, 0.3) is 0 Å². The standard InChI is InChI=1S/C17H19NO2/c1-2-13-5-3-7-15(11-13)18-12-14-6-4-8-16-17(14)20-10-9-19-16/h3-8,11,18H,2,9-10,12H2,1H3. The molecule has 0 radical (unpaired) electrons. The molecule has 0 atom stereocenters. The van der Waals surface area contributed by atoms with Crippen molar-refractivity contribution in [1.29, 1.82) is 0 Å². The number of fused-ring (bicyclic) bond motifs is 1. The second-order valence-electron chi connectivity index (χ2n) is 4.85. The van der Waals surface area contributed by atoms with Gasteiger partial charge in [0.2, 0.25) is 0 Å². The van der Waals surface area contributed by atoms with Crippen molar-refractivity contribution < 1.29 is 9.47 Å². The lowest BCUT2D eigenvalue weighted by molar-refractivity contribution is 0.170. The highest BCUT2D eigenvalue weighted by molar-refractivity contribution is 5.51. The monoisotopic (exact) mass is 269 g/mol.